The second-order valence-corrected chi connectivity index (χ2v) is 10.6. The van der Waals surface area contributed by atoms with Crippen LogP contribution in [0, 0.1) is 5.41 Å². The second-order valence-electron chi connectivity index (χ2n) is 10.6. The summed E-state index contributed by atoms with van der Waals surface area (Å²) in [6.07, 6.45) is 1.87. The minimum absolute atomic E-state index is 0.0372. The molecule has 35 heavy (non-hydrogen) atoms. The molecule has 0 saturated heterocycles. The van der Waals surface area contributed by atoms with Gasteiger partial charge in [0.15, 0.2) is 17.3 Å². The molecular formula is C25H31N7O3. The number of hydrogen-bond donors (Lipinski definition) is 2. The fourth-order valence-electron chi connectivity index (χ4n) is 3.65. The molecule has 0 saturated carbocycles. The molecule has 0 aliphatic heterocycles. The topological polar surface area (TPSA) is 134 Å². The van der Waals surface area contributed by atoms with Crippen LogP contribution in [0.15, 0.2) is 41.2 Å². The first kappa shape index (κ1) is 24.2. The summed E-state index contributed by atoms with van der Waals surface area (Å²) in [7, 11) is 0. The Balaban J connectivity index is 1.96. The van der Waals surface area contributed by atoms with Gasteiger partial charge in [0.05, 0.1) is 23.1 Å². The van der Waals surface area contributed by atoms with Gasteiger partial charge in [-0.2, -0.15) is 0 Å². The minimum atomic E-state index is -0.654. The number of imidazole rings is 1. The Labute approximate surface area is 203 Å². The first-order valence-corrected chi connectivity index (χ1v) is 11.5. The number of aromatic nitrogens is 5. The molecule has 3 N–H and O–H groups in total. The lowest BCUT2D eigenvalue weighted by molar-refractivity contribution is 0.0636. The van der Waals surface area contributed by atoms with Gasteiger partial charge in [0.2, 0.25) is 0 Å². The van der Waals surface area contributed by atoms with Crippen molar-refractivity contribution in [2.75, 3.05) is 11.1 Å². The summed E-state index contributed by atoms with van der Waals surface area (Å²) >= 11 is 0. The zero-order chi connectivity index (χ0) is 25.4. The summed E-state index contributed by atoms with van der Waals surface area (Å²) in [4.78, 5) is 22.3. The Kier molecular flexibility index (Phi) is 6.23. The van der Waals surface area contributed by atoms with Crippen LogP contribution in [0.2, 0.25) is 0 Å². The number of fused-ring (bicyclic) bond motifs is 1. The third-order valence-corrected chi connectivity index (χ3v) is 5.26. The smallest absolute Gasteiger partial charge is 0.412 e. The number of nitrogens with zero attached hydrogens (tertiary/aromatic N) is 5. The van der Waals surface area contributed by atoms with Gasteiger partial charge in [-0.25, -0.2) is 14.4 Å². The first-order chi connectivity index (χ1) is 16.4. The summed E-state index contributed by atoms with van der Waals surface area (Å²) in [5.74, 6) is 0.619. The Morgan fingerprint density at radius 2 is 1.80 bits per heavy atom. The second kappa shape index (κ2) is 9.01. The summed E-state index contributed by atoms with van der Waals surface area (Å²) in [6, 6.07) is 9.74. The van der Waals surface area contributed by atoms with Crippen LogP contribution in [0.1, 0.15) is 48.0 Å². The van der Waals surface area contributed by atoms with Gasteiger partial charge in [-0.3, -0.25) is 10.3 Å². The van der Waals surface area contributed by atoms with E-state index in [1.807, 2.05) is 55.7 Å². The van der Waals surface area contributed by atoms with Crippen molar-refractivity contribution in [2.24, 2.45) is 5.41 Å². The predicted octanol–water partition coefficient (Wildman–Crippen LogP) is 5.51. The third kappa shape index (κ3) is 5.42. The molecule has 0 aliphatic rings. The van der Waals surface area contributed by atoms with Gasteiger partial charge in [-0.1, -0.05) is 51.1 Å². The molecule has 0 fully saturated rings. The predicted molar refractivity (Wildman–Crippen MR) is 135 cm³/mol. The summed E-state index contributed by atoms with van der Waals surface area (Å²) in [6.45, 7) is 12.5. The number of nitrogens with one attached hydrogen (secondary N) is 1. The van der Waals surface area contributed by atoms with Crippen LogP contribution in [-0.4, -0.2) is 36.5 Å². The number of ether oxygens (including phenoxy) is 1. The number of anilines is 2. The number of nitrogens with two attached hydrogens (primary N) is 1. The molecule has 4 rings (SSSR count). The highest BCUT2D eigenvalue weighted by molar-refractivity contribution is 6.03. The Morgan fingerprint density at radius 3 is 2.40 bits per heavy atom. The van der Waals surface area contributed by atoms with Crippen molar-refractivity contribution in [2.45, 2.75) is 60.1 Å². The van der Waals surface area contributed by atoms with Gasteiger partial charge in [0, 0.05) is 12.1 Å². The number of amides is 1. The average molecular weight is 478 g/mol. The minimum Gasteiger partial charge on any atom is -0.444 e. The van der Waals surface area contributed by atoms with Crippen LogP contribution >= 0.6 is 0 Å². The van der Waals surface area contributed by atoms with E-state index in [1.165, 1.54) is 0 Å². The number of nitrogen functional groups attached to an aromatic ring is 1. The van der Waals surface area contributed by atoms with E-state index in [0.29, 0.717) is 40.5 Å². The van der Waals surface area contributed by atoms with E-state index in [9.17, 15) is 4.79 Å². The quantitative estimate of drug-likeness (QED) is 0.384. The third-order valence-electron chi connectivity index (χ3n) is 5.26. The number of hydrogen-bond acceptors (Lipinski definition) is 8. The van der Waals surface area contributed by atoms with E-state index in [4.69, 9.17) is 20.1 Å². The van der Waals surface area contributed by atoms with E-state index in [0.717, 1.165) is 12.0 Å². The molecule has 0 atom stereocenters. The monoisotopic (exact) mass is 477 g/mol. The highest BCUT2D eigenvalue weighted by Crippen LogP contribution is 2.36. The molecule has 4 aromatic rings. The molecule has 0 unspecified atom stereocenters. The number of carbonyl (C=O) groups is 1. The lowest BCUT2D eigenvalue weighted by Gasteiger charge is -2.21. The molecule has 184 valence electrons. The normalized spacial score (nSPS) is 12.2. The van der Waals surface area contributed by atoms with E-state index in [-0.39, 0.29) is 11.2 Å². The number of carbonyl (C=O) groups excluding carboxylic acids is 1. The van der Waals surface area contributed by atoms with Gasteiger partial charge in [-0.05, 0) is 42.9 Å². The lowest BCUT2D eigenvalue weighted by atomic mass is 9.92. The molecule has 0 spiro atoms. The highest BCUT2D eigenvalue weighted by atomic mass is 16.6. The van der Waals surface area contributed by atoms with Crippen molar-refractivity contribution in [1.29, 1.82) is 0 Å². The maximum absolute atomic E-state index is 12.7. The van der Waals surface area contributed by atoms with Crippen molar-refractivity contribution < 1.29 is 14.2 Å². The molecule has 10 nitrogen and oxygen atoms in total. The Morgan fingerprint density at radius 1 is 1.09 bits per heavy atom. The van der Waals surface area contributed by atoms with Crippen molar-refractivity contribution in [3.63, 3.8) is 0 Å². The molecule has 0 bridgehead atoms. The van der Waals surface area contributed by atoms with Gasteiger partial charge < -0.3 is 15.0 Å². The first-order valence-electron chi connectivity index (χ1n) is 11.5. The van der Waals surface area contributed by atoms with Gasteiger partial charge >= 0.3 is 6.09 Å². The van der Waals surface area contributed by atoms with Gasteiger partial charge in [-0.15, -0.1) is 0 Å². The molecular weight excluding hydrogens is 446 g/mol. The van der Waals surface area contributed by atoms with E-state index in [2.05, 4.69) is 41.4 Å². The van der Waals surface area contributed by atoms with E-state index < -0.39 is 11.7 Å². The Bertz CT molecular complexity index is 1350. The molecule has 1 aromatic carbocycles. The fraction of sp³-hybridized carbons (Fsp3) is 0.400. The Hall–Kier alpha value is -3.95. The number of rotatable bonds is 5. The van der Waals surface area contributed by atoms with Crippen LogP contribution in [-0.2, 0) is 11.3 Å². The van der Waals surface area contributed by atoms with Gasteiger partial charge in [0.25, 0.3) is 0 Å². The summed E-state index contributed by atoms with van der Waals surface area (Å²) < 4.78 is 12.4. The number of pyridine rings is 1. The number of aryl methyl sites for hydroxylation is 1. The summed E-state index contributed by atoms with van der Waals surface area (Å²) in [5.41, 5.74) is 9.08. The van der Waals surface area contributed by atoms with Crippen LogP contribution < -0.4 is 11.1 Å². The maximum atomic E-state index is 12.7. The van der Waals surface area contributed by atoms with Crippen LogP contribution in [0.25, 0.3) is 33.8 Å². The van der Waals surface area contributed by atoms with Crippen LogP contribution in [0.5, 0.6) is 0 Å². The van der Waals surface area contributed by atoms with Crippen LogP contribution in [0.3, 0.4) is 0 Å². The standard InChI is InChI=1S/C25H31N7O3/c1-24(2,3)12-13-32-20-16(28-23(33)34-25(4,5)6)14-27-17(15-10-8-7-9-11-15)18(20)29-22(32)19-21(26)31-35-30-19/h7-11,14H,12-13H2,1-6H3,(H2,26,31)(H,28,33). The highest BCUT2D eigenvalue weighted by Gasteiger charge is 2.26. The summed E-state index contributed by atoms with van der Waals surface area (Å²) in [5, 5.41) is 10.6. The molecule has 0 radical (unpaired) electrons. The zero-order valence-corrected chi connectivity index (χ0v) is 20.9. The van der Waals surface area contributed by atoms with Crippen molar-refractivity contribution in [3.8, 4) is 22.8 Å². The lowest BCUT2D eigenvalue weighted by Crippen LogP contribution is -2.27. The fourth-order valence-corrected chi connectivity index (χ4v) is 3.65. The molecule has 3 heterocycles. The van der Waals surface area contributed by atoms with E-state index >= 15 is 0 Å². The van der Waals surface area contributed by atoms with E-state index in [1.54, 1.807) is 6.20 Å². The molecule has 10 heteroatoms. The van der Waals surface area contributed by atoms with Crippen molar-refractivity contribution in [3.05, 3.63) is 36.5 Å². The van der Waals surface area contributed by atoms with Crippen LogP contribution in [0.4, 0.5) is 16.3 Å². The largest absolute Gasteiger partial charge is 0.444 e. The van der Waals surface area contributed by atoms with Gasteiger partial charge in [0.1, 0.15) is 11.1 Å². The SMILES string of the molecule is CC(C)(C)CCn1c(-c2nonc2N)nc2c(-c3ccccc3)ncc(NC(=O)OC(C)(C)C)c21. The maximum Gasteiger partial charge on any atom is 0.412 e. The average Bonchev–Trinajstić information content (AvgIpc) is 3.34. The zero-order valence-electron chi connectivity index (χ0n) is 20.9. The van der Waals surface area contributed by atoms with Crippen molar-refractivity contribution in [1.82, 2.24) is 24.8 Å². The molecule has 0 aliphatic carbocycles. The van der Waals surface area contributed by atoms with Crippen molar-refractivity contribution >= 4 is 28.6 Å². The molecule has 1 amide bonds. The molecule has 3 aromatic heterocycles. The number of benzene rings is 1.